The van der Waals surface area contributed by atoms with Crippen LogP contribution >= 0.6 is 17.0 Å². The molecule has 2 aromatic rings. The minimum Gasteiger partial charge on any atom is -0.508 e. The van der Waals surface area contributed by atoms with E-state index in [1.807, 2.05) is 18.2 Å². The van der Waals surface area contributed by atoms with Crippen LogP contribution in [0.2, 0.25) is 0 Å². The van der Waals surface area contributed by atoms with Crippen molar-refractivity contribution < 1.29 is 5.11 Å². The third-order valence-electron chi connectivity index (χ3n) is 3.77. The van der Waals surface area contributed by atoms with Crippen LogP contribution in [0.1, 0.15) is 18.1 Å². The molecule has 0 saturated carbocycles. The second kappa shape index (κ2) is 7.36. The quantitative estimate of drug-likeness (QED) is 0.890. The van der Waals surface area contributed by atoms with E-state index in [1.54, 1.807) is 12.1 Å². The normalized spacial score (nSPS) is 13.8. The Hall–Kier alpha value is -1.94. The zero-order valence-corrected chi connectivity index (χ0v) is 14.4. The lowest BCUT2D eigenvalue weighted by atomic mass is 10.1. The number of benzene rings is 2. The predicted octanol–water partition coefficient (Wildman–Crippen LogP) is 4.06. The molecule has 116 valence electrons. The van der Waals surface area contributed by atoms with Gasteiger partial charge >= 0.3 is 0 Å². The maximum absolute atomic E-state index is 9.43. The molecule has 0 atom stereocenters. The van der Waals surface area contributed by atoms with E-state index >= 15 is 0 Å². The molecule has 3 nitrogen and oxygen atoms in total. The highest BCUT2D eigenvalue weighted by Crippen LogP contribution is 2.27. The van der Waals surface area contributed by atoms with Crippen LogP contribution in [0.15, 0.2) is 60.8 Å². The van der Waals surface area contributed by atoms with Crippen molar-refractivity contribution in [1.82, 2.24) is 9.80 Å². The van der Waals surface area contributed by atoms with Crippen molar-refractivity contribution in [1.29, 1.82) is 0 Å². The second-order valence-corrected chi connectivity index (χ2v) is 5.29. The minimum atomic E-state index is 0. The molecule has 0 radical (unpaired) electrons. The number of rotatable bonds is 4. The topological polar surface area (TPSA) is 26.7 Å². The summed E-state index contributed by atoms with van der Waals surface area (Å²) >= 11 is 0. The van der Waals surface area contributed by atoms with Crippen LogP contribution in [0.3, 0.4) is 0 Å². The Morgan fingerprint density at radius 1 is 1.00 bits per heavy atom. The summed E-state index contributed by atoms with van der Waals surface area (Å²) in [6, 6.07) is 17.9. The van der Waals surface area contributed by atoms with Crippen molar-refractivity contribution in [3.8, 4) is 5.75 Å². The summed E-state index contributed by atoms with van der Waals surface area (Å²) < 4.78 is 0. The number of aromatic hydroxyl groups is 1. The molecule has 0 aliphatic carbocycles. The van der Waals surface area contributed by atoms with Crippen LogP contribution in [0, 0.1) is 0 Å². The van der Waals surface area contributed by atoms with Crippen LogP contribution in [0.5, 0.6) is 5.75 Å². The zero-order valence-electron chi connectivity index (χ0n) is 12.6. The fourth-order valence-corrected chi connectivity index (χ4v) is 2.66. The van der Waals surface area contributed by atoms with Crippen molar-refractivity contribution in [3.05, 3.63) is 71.9 Å². The molecule has 0 unspecified atom stereocenters. The van der Waals surface area contributed by atoms with Crippen LogP contribution in [0.4, 0.5) is 0 Å². The van der Waals surface area contributed by atoms with Gasteiger partial charge in [-0.3, -0.25) is 0 Å². The lowest BCUT2D eigenvalue weighted by Crippen LogP contribution is -2.26. The van der Waals surface area contributed by atoms with Gasteiger partial charge in [0.1, 0.15) is 5.75 Å². The highest BCUT2D eigenvalue weighted by Gasteiger charge is 2.20. The summed E-state index contributed by atoms with van der Waals surface area (Å²) in [5.74, 6) is 0.307. The Morgan fingerprint density at radius 3 is 2.32 bits per heavy atom. The van der Waals surface area contributed by atoms with Gasteiger partial charge in [-0.2, -0.15) is 0 Å². The average Bonchev–Trinajstić information content (AvgIpc) is 2.92. The van der Waals surface area contributed by atoms with E-state index in [0.717, 1.165) is 25.3 Å². The van der Waals surface area contributed by atoms with E-state index < -0.39 is 0 Å². The monoisotopic (exact) mass is 360 g/mol. The van der Waals surface area contributed by atoms with Crippen molar-refractivity contribution >= 4 is 22.7 Å². The van der Waals surface area contributed by atoms with Gasteiger partial charge in [0.05, 0.1) is 12.4 Å². The maximum Gasteiger partial charge on any atom is 0.115 e. The molecule has 1 aliphatic heterocycles. The number of phenolic OH excluding ortho intramolecular Hbond substituents is 1. The number of halogens is 1. The fourth-order valence-electron chi connectivity index (χ4n) is 2.66. The first kappa shape index (κ1) is 16.4. The van der Waals surface area contributed by atoms with E-state index in [4.69, 9.17) is 0 Å². The molecule has 0 spiro atoms. The molecule has 1 N–H and O–H groups in total. The number of nitrogens with zero attached hydrogens (tertiary/aromatic N) is 2. The Morgan fingerprint density at radius 2 is 1.68 bits per heavy atom. The molecule has 1 aliphatic rings. The first-order valence-electron chi connectivity index (χ1n) is 7.30. The summed E-state index contributed by atoms with van der Waals surface area (Å²) in [6.45, 7) is 4.96. The van der Waals surface area contributed by atoms with Gasteiger partial charge in [-0.05, 0) is 42.3 Å². The van der Waals surface area contributed by atoms with Crippen LogP contribution in [-0.2, 0) is 6.54 Å². The van der Waals surface area contributed by atoms with Crippen LogP contribution < -0.4 is 0 Å². The Bertz CT molecular complexity index is 625. The molecule has 1 heterocycles. The van der Waals surface area contributed by atoms with Crippen LogP contribution in [-0.4, -0.2) is 28.1 Å². The molecule has 2 aromatic carbocycles. The summed E-state index contributed by atoms with van der Waals surface area (Å²) in [5.41, 5.74) is 3.68. The zero-order chi connectivity index (χ0) is 14.7. The largest absolute Gasteiger partial charge is 0.508 e. The second-order valence-electron chi connectivity index (χ2n) is 5.29. The molecule has 4 heteroatoms. The van der Waals surface area contributed by atoms with Gasteiger partial charge < -0.3 is 14.9 Å². The van der Waals surface area contributed by atoms with E-state index in [0.29, 0.717) is 5.75 Å². The molecule has 0 fully saturated rings. The number of hydrogen-bond donors (Lipinski definition) is 1. The van der Waals surface area contributed by atoms with E-state index in [2.05, 4.69) is 47.2 Å². The van der Waals surface area contributed by atoms with Gasteiger partial charge in [0, 0.05) is 19.3 Å². The van der Waals surface area contributed by atoms with Gasteiger partial charge in [-0.25, -0.2) is 0 Å². The molecule has 0 amide bonds. The fraction of sp³-hybridized carbons (Fsp3) is 0.222. The van der Waals surface area contributed by atoms with Gasteiger partial charge in [0.25, 0.3) is 0 Å². The van der Waals surface area contributed by atoms with Gasteiger partial charge in [0.2, 0.25) is 0 Å². The highest BCUT2D eigenvalue weighted by atomic mass is 79.9. The lowest BCUT2D eigenvalue weighted by molar-refractivity contribution is 0.274. The lowest BCUT2D eigenvalue weighted by Gasteiger charge is -2.22. The summed E-state index contributed by atoms with van der Waals surface area (Å²) in [6.07, 6.45) is 2.21. The van der Waals surface area contributed by atoms with Gasteiger partial charge in [0.15, 0.2) is 0 Å². The third kappa shape index (κ3) is 3.63. The van der Waals surface area contributed by atoms with E-state index in [-0.39, 0.29) is 17.0 Å². The highest BCUT2D eigenvalue weighted by molar-refractivity contribution is 8.93. The Kier molecular flexibility index (Phi) is 5.50. The smallest absolute Gasteiger partial charge is 0.115 e. The average molecular weight is 361 g/mol. The van der Waals surface area contributed by atoms with E-state index in [9.17, 15) is 5.11 Å². The van der Waals surface area contributed by atoms with Gasteiger partial charge in [-0.1, -0.05) is 30.3 Å². The summed E-state index contributed by atoms with van der Waals surface area (Å²) in [5, 5.41) is 9.43. The molecule has 3 rings (SSSR count). The molecule has 22 heavy (non-hydrogen) atoms. The Labute approximate surface area is 142 Å². The minimum absolute atomic E-state index is 0. The summed E-state index contributed by atoms with van der Waals surface area (Å²) in [4.78, 5) is 4.66. The third-order valence-corrected chi connectivity index (χ3v) is 3.77. The van der Waals surface area contributed by atoms with Crippen LogP contribution in [0.25, 0.3) is 5.70 Å². The predicted molar refractivity (Wildman–Crippen MR) is 95.6 cm³/mol. The van der Waals surface area contributed by atoms with Gasteiger partial charge in [-0.15, -0.1) is 17.0 Å². The number of phenols is 1. The van der Waals surface area contributed by atoms with Crippen molar-refractivity contribution in [2.45, 2.75) is 13.5 Å². The number of hydrogen-bond acceptors (Lipinski definition) is 3. The van der Waals surface area contributed by atoms with Crippen molar-refractivity contribution in [2.24, 2.45) is 0 Å². The SMILES string of the molecule is Br.CCN1CN(Cc2ccccc2)C=C1c1ccc(O)cc1. The van der Waals surface area contributed by atoms with Crippen molar-refractivity contribution in [2.75, 3.05) is 13.2 Å². The first-order valence-corrected chi connectivity index (χ1v) is 7.30. The van der Waals surface area contributed by atoms with E-state index in [1.165, 1.54) is 11.3 Å². The standard InChI is InChI=1S/C18H20N2O.BrH/c1-2-20-14-19(12-15-6-4-3-5-7-15)13-18(20)16-8-10-17(21)11-9-16;/h3-11,13,21H,2,12,14H2,1H3;1H. The first-order chi connectivity index (χ1) is 10.3. The molecule has 0 bridgehead atoms. The maximum atomic E-state index is 9.43. The molecular weight excluding hydrogens is 340 g/mol. The molecule has 0 aromatic heterocycles. The molecular formula is C18H21BrN2O. The van der Waals surface area contributed by atoms with Crippen molar-refractivity contribution in [3.63, 3.8) is 0 Å². The summed E-state index contributed by atoms with van der Waals surface area (Å²) in [7, 11) is 0. The molecule has 0 saturated heterocycles. The Balaban J connectivity index is 0.00000176.